The van der Waals surface area contributed by atoms with Crippen molar-refractivity contribution >= 4 is 28.2 Å². The SMILES string of the molecule is CC1COCCN1c1nc(CCl)cc2ccccc12. The third-order valence-electron chi connectivity index (χ3n) is 3.55. The number of benzene rings is 1. The van der Waals surface area contributed by atoms with Crippen LogP contribution in [0.4, 0.5) is 5.82 Å². The van der Waals surface area contributed by atoms with Gasteiger partial charge in [-0.05, 0) is 18.4 Å². The van der Waals surface area contributed by atoms with Crippen LogP contribution >= 0.6 is 11.6 Å². The van der Waals surface area contributed by atoms with E-state index in [1.54, 1.807) is 0 Å². The quantitative estimate of drug-likeness (QED) is 0.788. The lowest BCUT2D eigenvalue weighted by Gasteiger charge is -2.35. The van der Waals surface area contributed by atoms with Crippen LogP contribution in [0.1, 0.15) is 12.6 Å². The van der Waals surface area contributed by atoms with Crippen LogP contribution < -0.4 is 4.90 Å². The van der Waals surface area contributed by atoms with E-state index in [0.29, 0.717) is 11.9 Å². The van der Waals surface area contributed by atoms with Gasteiger partial charge in [0, 0.05) is 11.9 Å². The summed E-state index contributed by atoms with van der Waals surface area (Å²) >= 11 is 5.97. The number of alkyl halides is 1. The van der Waals surface area contributed by atoms with E-state index in [4.69, 9.17) is 21.3 Å². The number of nitrogens with zero attached hydrogens (tertiary/aromatic N) is 2. The Morgan fingerprint density at radius 1 is 1.42 bits per heavy atom. The molecule has 3 rings (SSSR count). The molecule has 1 aromatic heterocycles. The molecule has 2 aromatic rings. The summed E-state index contributed by atoms with van der Waals surface area (Å²) in [7, 11) is 0. The number of rotatable bonds is 2. The molecule has 19 heavy (non-hydrogen) atoms. The maximum absolute atomic E-state index is 5.97. The van der Waals surface area contributed by atoms with Crippen LogP contribution in [0.5, 0.6) is 0 Å². The molecular formula is C15H17ClN2O. The van der Waals surface area contributed by atoms with Gasteiger partial charge in [-0.3, -0.25) is 0 Å². The molecule has 1 atom stereocenters. The van der Waals surface area contributed by atoms with Gasteiger partial charge in [0.05, 0.1) is 30.8 Å². The molecule has 3 nitrogen and oxygen atoms in total. The Bertz CT molecular complexity index is 587. The number of pyridine rings is 1. The molecule has 0 saturated carbocycles. The number of hydrogen-bond acceptors (Lipinski definition) is 3. The van der Waals surface area contributed by atoms with Crippen LogP contribution in [0.2, 0.25) is 0 Å². The molecule has 1 aromatic carbocycles. The van der Waals surface area contributed by atoms with Gasteiger partial charge in [0.1, 0.15) is 5.82 Å². The summed E-state index contributed by atoms with van der Waals surface area (Å²) in [5, 5.41) is 2.38. The number of morpholine rings is 1. The molecule has 4 heteroatoms. The van der Waals surface area contributed by atoms with E-state index in [1.165, 1.54) is 10.8 Å². The molecule has 1 unspecified atom stereocenters. The molecule has 0 amide bonds. The van der Waals surface area contributed by atoms with E-state index in [-0.39, 0.29) is 0 Å². The van der Waals surface area contributed by atoms with E-state index in [9.17, 15) is 0 Å². The first-order valence-corrected chi connectivity index (χ1v) is 7.12. The maximum Gasteiger partial charge on any atom is 0.137 e. The second-order valence-corrected chi connectivity index (χ2v) is 5.18. The molecule has 0 spiro atoms. The third-order valence-corrected chi connectivity index (χ3v) is 3.82. The average molecular weight is 277 g/mol. The highest BCUT2D eigenvalue weighted by Gasteiger charge is 2.22. The molecule has 0 aliphatic carbocycles. The summed E-state index contributed by atoms with van der Waals surface area (Å²) in [6.07, 6.45) is 0. The summed E-state index contributed by atoms with van der Waals surface area (Å²) in [4.78, 5) is 7.05. The number of aromatic nitrogens is 1. The molecule has 1 aliphatic heterocycles. The predicted octanol–water partition coefficient (Wildman–Crippen LogP) is 3.20. The van der Waals surface area contributed by atoms with Crippen molar-refractivity contribution in [1.29, 1.82) is 0 Å². The topological polar surface area (TPSA) is 25.4 Å². The molecular weight excluding hydrogens is 260 g/mol. The minimum absolute atomic E-state index is 0.343. The fraction of sp³-hybridized carbons (Fsp3) is 0.400. The Labute approximate surface area is 118 Å². The normalized spacial score (nSPS) is 19.9. The fourth-order valence-corrected chi connectivity index (χ4v) is 2.70. The first-order chi connectivity index (χ1) is 9.29. The summed E-state index contributed by atoms with van der Waals surface area (Å²) < 4.78 is 5.51. The average Bonchev–Trinajstić information content (AvgIpc) is 2.46. The summed E-state index contributed by atoms with van der Waals surface area (Å²) in [5.41, 5.74) is 0.925. The van der Waals surface area contributed by atoms with Crippen molar-refractivity contribution in [3.05, 3.63) is 36.0 Å². The molecule has 0 bridgehead atoms. The highest BCUT2D eigenvalue weighted by atomic mass is 35.5. The lowest BCUT2D eigenvalue weighted by atomic mass is 10.1. The van der Waals surface area contributed by atoms with Gasteiger partial charge < -0.3 is 9.64 Å². The molecule has 1 saturated heterocycles. The minimum Gasteiger partial charge on any atom is -0.377 e. The highest BCUT2D eigenvalue weighted by molar-refractivity contribution is 6.17. The summed E-state index contributed by atoms with van der Waals surface area (Å²) in [5.74, 6) is 1.47. The second kappa shape index (κ2) is 5.35. The zero-order valence-corrected chi connectivity index (χ0v) is 11.7. The fourth-order valence-electron chi connectivity index (χ4n) is 2.56. The van der Waals surface area contributed by atoms with Crippen LogP contribution in [0, 0.1) is 0 Å². The second-order valence-electron chi connectivity index (χ2n) is 4.91. The highest BCUT2D eigenvalue weighted by Crippen LogP contribution is 2.28. The minimum atomic E-state index is 0.343. The van der Waals surface area contributed by atoms with Crippen molar-refractivity contribution in [2.45, 2.75) is 18.8 Å². The van der Waals surface area contributed by atoms with Crippen molar-refractivity contribution in [3.8, 4) is 0 Å². The predicted molar refractivity (Wildman–Crippen MR) is 78.9 cm³/mol. The summed E-state index contributed by atoms with van der Waals surface area (Å²) in [6, 6.07) is 10.7. The van der Waals surface area contributed by atoms with Crippen molar-refractivity contribution in [2.75, 3.05) is 24.7 Å². The van der Waals surface area contributed by atoms with Gasteiger partial charge >= 0.3 is 0 Å². The van der Waals surface area contributed by atoms with Crippen LogP contribution in [-0.2, 0) is 10.6 Å². The molecule has 2 heterocycles. The van der Waals surface area contributed by atoms with Gasteiger partial charge in [0.15, 0.2) is 0 Å². The molecule has 0 radical (unpaired) electrons. The zero-order valence-electron chi connectivity index (χ0n) is 11.0. The number of hydrogen-bond donors (Lipinski definition) is 0. The van der Waals surface area contributed by atoms with E-state index in [0.717, 1.165) is 31.3 Å². The number of anilines is 1. The molecule has 1 aliphatic rings. The van der Waals surface area contributed by atoms with Crippen LogP contribution in [0.15, 0.2) is 30.3 Å². The van der Waals surface area contributed by atoms with Crippen molar-refractivity contribution in [3.63, 3.8) is 0 Å². The monoisotopic (exact) mass is 276 g/mol. The largest absolute Gasteiger partial charge is 0.377 e. The molecule has 0 N–H and O–H groups in total. The van der Waals surface area contributed by atoms with Crippen molar-refractivity contribution < 1.29 is 4.74 Å². The van der Waals surface area contributed by atoms with E-state index in [2.05, 4.69) is 36.1 Å². The van der Waals surface area contributed by atoms with Gasteiger partial charge in [0.25, 0.3) is 0 Å². The van der Waals surface area contributed by atoms with Crippen molar-refractivity contribution in [2.24, 2.45) is 0 Å². The van der Waals surface area contributed by atoms with Gasteiger partial charge in [-0.1, -0.05) is 24.3 Å². The molecule has 100 valence electrons. The Hall–Kier alpha value is -1.32. The van der Waals surface area contributed by atoms with E-state index < -0.39 is 0 Å². The third kappa shape index (κ3) is 2.40. The smallest absolute Gasteiger partial charge is 0.137 e. The lowest BCUT2D eigenvalue weighted by Crippen LogP contribution is -2.44. The van der Waals surface area contributed by atoms with E-state index >= 15 is 0 Å². The van der Waals surface area contributed by atoms with Crippen LogP contribution in [0.3, 0.4) is 0 Å². The Kier molecular flexibility index (Phi) is 3.58. The van der Waals surface area contributed by atoms with Gasteiger partial charge in [0.2, 0.25) is 0 Å². The zero-order chi connectivity index (χ0) is 13.2. The summed E-state index contributed by atoms with van der Waals surface area (Å²) in [6.45, 7) is 4.56. The van der Waals surface area contributed by atoms with E-state index in [1.807, 2.05) is 6.07 Å². The maximum atomic E-state index is 5.97. The first kappa shape index (κ1) is 12.7. The van der Waals surface area contributed by atoms with Crippen LogP contribution in [0.25, 0.3) is 10.8 Å². The van der Waals surface area contributed by atoms with Gasteiger partial charge in [-0.15, -0.1) is 11.6 Å². The Balaban J connectivity index is 2.14. The Morgan fingerprint density at radius 3 is 3.05 bits per heavy atom. The lowest BCUT2D eigenvalue weighted by molar-refractivity contribution is 0.0987. The number of fused-ring (bicyclic) bond motifs is 1. The standard InChI is InChI=1S/C15H17ClN2O/c1-11-10-19-7-6-18(11)15-14-5-3-2-4-12(14)8-13(9-16)17-15/h2-5,8,11H,6-7,9-10H2,1H3. The van der Waals surface area contributed by atoms with Gasteiger partial charge in [-0.2, -0.15) is 0 Å². The Morgan fingerprint density at radius 2 is 2.26 bits per heavy atom. The van der Waals surface area contributed by atoms with Crippen molar-refractivity contribution in [1.82, 2.24) is 4.98 Å². The van der Waals surface area contributed by atoms with Gasteiger partial charge in [-0.25, -0.2) is 4.98 Å². The number of halogens is 1. The first-order valence-electron chi connectivity index (χ1n) is 6.58. The molecule has 1 fully saturated rings. The van der Waals surface area contributed by atoms with Crippen LogP contribution in [-0.4, -0.2) is 30.8 Å². The number of ether oxygens (including phenoxy) is 1.